The first kappa shape index (κ1) is 12.9. The van der Waals surface area contributed by atoms with Crippen molar-refractivity contribution in [2.75, 3.05) is 19.4 Å². The summed E-state index contributed by atoms with van der Waals surface area (Å²) in [5.74, 6) is 0.169. The van der Waals surface area contributed by atoms with Crippen LogP contribution in [0.3, 0.4) is 0 Å². The van der Waals surface area contributed by atoms with Gasteiger partial charge in [0, 0.05) is 25.9 Å². The zero-order chi connectivity index (χ0) is 12.2. The maximum absolute atomic E-state index is 11.8. The lowest BCUT2D eigenvalue weighted by molar-refractivity contribution is 0.122. The number of anilines is 1. The molecule has 7 heteroatoms. The number of hydrogen-bond acceptors (Lipinski definition) is 5. The van der Waals surface area contributed by atoms with Crippen molar-refractivity contribution >= 4 is 15.8 Å². The smallest absolute Gasteiger partial charge is 0.240 e. The third-order valence-corrected chi connectivity index (χ3v) is 3.45. The summed E-state index contributed by atoms with van der Waals surface area (Å²) in [6, 6.07) is 2.69. The number of rotatable bonds is 5. The summed E-state index contributed by atoms with van der Waals surface area (Å²) in [7, 11) is -2.02. The van der Waals surface area contributed by atoms with E-state index in [0.717, 1.165) is 0 Å². The molecule has 1 unspecified atom stereocenters. The normalized spacial score (nSPS) is 13.6. The van der Waals surface area contributed by atoms with E-state index in [1.54, 1.807) is 6.92 Å². The Bertz CT molecular complexity index is 447. The lowest BCUT2D eigenvalue weighted by atomic mass is 10.4. The van der Waals surface area contributed by atoms with Crippen LogP contribution in [0.25, 0.3) is 0 Å². The second-order valence-electron chi connectivity index (χ2n) is 3.31. The first-order valence-electron chi connectivity index (χ1n) is 4.69. The van der Waals surface area contributed by atoms with Crippen LogP contribution in [0.15, 0.2) is 23.2 Å². The Kier molecular flexibility index (Phi) is 4.22. The maximum atomic E-state index is 11.8. The Morgan fingerprint density at radius 3 is 2.88 bits per heavy atom. The molecule has 0 amide bonds. The fourth-order valence-corrected chi connectivity index (χ4v) is 2.13. The average Bonchev–Trinajstić information content (AvgIpc) is 2.26. The Morgan fingerprint density at radius 1 is 1.62 bits per heavy atom. The number of hydrogen-bond donors (Lipinski definition) is 2. The van der Waals surface area contributed by atoms with E-state index in [-0.39, 0.29) is 23.4 Å². The molecule has 6 nitrogen and oxygen atoms in total. The molecule has 1 heterocycles. The molecule has 0 fully saturated rings. The zero-order valence-corrected chi connectivity index (χ0v) is 9.99. The van der Waals surface area contributed by atoms with Gasteiger partial charge < -0.3 is 10.5 Å². The molecule has 0 bridgehead atoms. The highest BCUT2D eigenvalue weighted by atomic mass is 32.2. The summed E-state index contributed by atoms with van der Waals surface area (Å²) >= 11 is 0. The van der Waals surface area contributed by atoms with Gasteiger partial charge in [-0.15, -0.1) is 0 Å². The molecule has 1 rings (SSSR count). The minimum atomic E-state index is -3.54. The highest BCUT2D eigenvalue weighted by Gasteiger charge is 2.15. The molecule has 0 aliphatic carbocycles. The van der Waals surface area contributed by atoms with E-state index in [1.165, 1.54) is 25.4 Å². The molecule has 0 saturated heterocycles. The molecular weight excluding hydrogens is 230 g/mol. The monoisotopic (exact) mass is 245 g/mol. The highest BCUT2D eigenvalue weighted by molar-refractivity contribution is 7.89. The number of aromatic nitrogens is 1. The number of methoxy groups -OCH3 is 1. The van der Waals surface area contributed by atoms with Crippen molar-refractivity contribution in [1.82, 2.24) is 9.71 Å². The van der Waals surface area contributed by atoms with Gasteiger partial charge in [-0.3, -0.25) is 0 Å². The molecule has 1 atom stereocenters. The van der Waals surface area contributed by atoms with Gasteiger partial charge in [0.25, 0.3) is 0 Å². The highest BCUT2D eigenvalue weighted by Crippen LogP contribution is 2.09. The summed E-state index contributed by atoms with van der Waals surface area (Å²) in [5.41, 5.74) is 5.41. The van der Waals surface area contributed by atoms with Crippen LogP contribution in [0.5, 0.6) is 0 Å². The van der Waals surface area contributed by atoms with Gasteiger partial charge in [-0.25, -0.2) is 18.1 Å². The minimum Gasteiger partial charge on any atom is -0.384 e. The molecule has 0 aliphatic heterocycles. The second-order valence-corrected chi connectivity index (χ2v) is 5.08. The van der Waals surface area contributed by atoms with Crippen LogP contribution >= 0.6 is 0 Å². The van der Waals surface area contributed by atoms with Crippen LogP contribution < -0.4 is 10.5 Å². The van der Waals surface area contributed by atoms with Crippen LogP contribution in [0.4, 0.5) is 5.82 Å². The SMILES string of the molecule is COC(C)CNS(=O)(=O)c1ccnc(N)c1. The molecule has 0 saturated carbocycles. The molecular formula is C9H15N3O3S. The van der Waals surface area contributed by atoms with Gasteiger partial charge in [0.2, 0.25) is 10.0 Å². The summed E-state index contributed by atoms with van der Waals surface area (Å²) < 4.78 is 30.9. The number of nitrogens with zero attached hydrogens (tertiary/aromatic N) is 1. The van der Waals surface area contributed by atoms with Gasteiger partial charge >= 0.3 is 0 Å². The summed E-state index contributed by atoms with van der Waals surface area (Å²) in [5, 5.41) is 0. The number of ether oxygens (including phenoxy) is 1. The Labute approximate surface area is 94.9 Å². The number of pyridine rings is 1. The van der Waals surface area contributed by atoms with Crippen molar-refractivity contribution in [1.29, 1.82) is 0 Å². The van der Waals surface area contributed by atoms with Crippen LogP contribution in [0, 0.1) is 0 Å². The van der Waals surface area contributed by atoms with Crippen LogP contribution in [-0.2, 0) is 14.8 Å². The molecule has 1 aromatic heterocycles. The zero-order valence-electron chi connectivity index (χ0n) is 9.17. The fourth-order valence-electron chi connectivity index (χ4n) is 0.989. The van der Waals surface area contributed by atoms with E-state index in [0.29, 0.717) is 0 Å². The fraction of sp³-hybridized carbons (Fsp3) is 0.444. The summed E-state index contributed by atoms with van der Waals surface area (Å²) in [4.78, 5) is 3.83. The van der Waals surface area contributed by atoms with E-state index in [1.807, 2.05) is 0 Å². The molecule has 0 spiro atoms. The molecule has 1 aromatic rings. The molecule has 0 radical (unpaired) electrons. The van der Waals surface area contributed by atoms with Crippen LogP contribution in [0.2, 0.25) is 0 Å². The standard InChI is InChI=1S/C9H15N3O3S/c1-7(15-2)6-12-16(13,14)8-3-4-11-9(10)5-8/h3-5,7,12H,6H2,1-2H3,(H2,10,11). The first-order chi connectivity index (χ1) is 7.45. The third-order valence-electron chi connectivity index (χ3n) is 2.03. The number of nitrogen functional groups attached to an aromatic ring is 1. The quantitative estimate of drug-likeness (QED) is 0.760. The number of nitrogens with one attached hydrogen (secondary N) is 1. The number of nitrogens with two attached hydrogens (primary N) is 1. The van der Waals surface area contributed by atoms with Gasteiger partial charge in [0.05, 0.1) is 11.0 Å². The van der Waals surface area contributed by atoms with E-state index in [9.17, 15) is 8.42 Å². The molecule has 3 N–H and O–H groups in total. The van der Waals surface area contributed by atoms with E-state index >= 15 is 0 Å². The van der Waals surface area contributed by atoms with Crippen molar-refractivity contribution in [2.24, 2.45) is 0 Å². The molecule has 16 heavy (non-hydrogen) atoms. The van der Waals surface area contributed by atoms with Crippen molar-refractivity contribution in [3.05, 3.63) is 18.3 Å². The summed E-state index contributed by atoms with van der Waals surface area (Å²) in [6.45, 7) is 1.98. The van der Waals surface area contributed by atoms with Gasteiger partial charge in [-0.2, -0.15) is 0 Å². The Hall–Kier alpha value is -1.18. The van der Waals surface area contributed by atoms with Crippen molar-refractivity contribution in [3.8, 4) is 0 Å². The molecule has 90 valence electrons. The number of sulfonamides is 1. The minimum absolute atomic E-state index is 0.100. The lowest BCUT2D eigenvalue weighted by Gasteiger charge is -2.11. The van der Waals surface area contributed by atoms with Gasteiger partial charge in [-0.1, -0.05) is 0 Å². The van der Waals surface area contributed by atoms with Crippen LogP contribution in [-0.4, -0.2) is 33.2 Å². The molecule has 0 aromatic carbocycles. The average molecular weight is 245 g/mol. The van der Waals surface area contributed by atoms with Crippen molar-refractivity contribution < 1.29 is 13.2 Å². The van der Waals surface area contributed by atoms with Gasteiger partial charge in [0.15, 0.2) is 0 Å². The second kappa shape index (κ2) is 5.24. The largest absolute Gasteiger partial charge is 0.384 e. The first-order valence-corrected chi connectivity index (χ1v) is 6.18. The van der Waals surface area contributed by atoms with Crippen molar-refractivity contribution in [2.45, 2.75) is 17.9 Å². The van der Waals surface area contributed by atoms with Gasteiger partial charge in [-0.05, 0) is 13.0 Å². The van der Waals surface area contributed by atoms with Gasteiger partial charge in [0.1, 0.15) is 5.82 Å². The lowest BCUT2D eigenvalue weighted by Crippen LogP contribution is -2.31. The third kappa shape index (κ3) is 3.44. The van der Waals surface area contributed by atoms with E-state index < -0.39 is 10.0 Å². The predicted octanol–water partition coefficient (Wildman–Crippen LogP) is -0.0230. The maximum Gasteiger partial charge on any atom is 0.240 e. The predicted molar refractivity (Wildman–Crippen MR) is 60.3 cm³/mol. The molecule has 0 aliphatic rings. The van der Waals surface area contributed by atoms with Crippen LogP contribution in [0.1, 0.15) is 6.92 Å². The summed E-state index contributed by atoms with van der Waals surface area (Å²) in [6.07, 6.45) is 1.16. The topological polar surface area (TPSA) is 94.3 Å². The Morgan fingerprint density at radius 2 is 2.31 bits per heavy atom. The van der Waals surface area contributed by atoms with Crippen molar-refractivity contribution in [3.63, 3.8) is 0 Å². The Balaban J connectivity index is 2.78. The van der Waals surface area contributed by atoms with E-state index in [2.05, 4.69) is 9.71 Å². The van der Waals surface area contributed by atoms with E-state index in [4.69, 9.17) is 10.5 Å².